The minimum absolute atomic E-state index is 0.0801. The first-order valence-electron chi connectivity index (χ1n) is 15.2. The molecule has 12 nitrogen and oxygen atoms in total. The maximum Gasteiger partial charge on any atom is 0.409 e. The van der Waals surface area contributed by atoms with E-state index in [0.717, 1.165) is 31.7 Å². The molecule has 0 saturated carbocycles. The Bertz CT molecular complexity index is 1410. The van der Waals surface area contributed by atoms with Crippen LogP contribution >= 0.6 is 0 Å². The Morgan fingerprint density at radius 3 is 2.07 bits per heavy atom. The molecule has 250 valence electrons. The van der Waals surface area contributed by atoms with Crippen LogP contribution < -0.4 is 15.8 Å². The van der Waals surface area contributed by atoms with E-state index < -0.39 is 22.0 Å². The lowest BCUT2D eigenvalue weighted by molar-refractivity contribution is -0.138. The molecule has 1 fully saturated rings. The Balaban J connectivity index is 0.000000537. The zero-order valence-electron chi connectivity index (χ0n) is 27.3. The fraction of sp³-hybridized carbons (Fsp3) is 0.531. The second-order valence-electron chi connectivity index (χ2n) is 11.8. The van der Waals surface area contributed by atoms with E-state index in [1.165, 1.54) is 0 Å². The third kappa shape index (κ3) is 10.7. The van der Waals surface area contributed by atoms with Gasteiger partial charge in [0.05, 0.1) is 11.5 Å². The molecule has 0 unspecified atom stereocenters. The Kier molecular flexibility index (Phi) is 14.3. The fourth-order valence-corrected chi connectivity index (χ4v) is 6.73. The number of amides is 1. The van der Waals surface area contributed by atoms with Crippen LogP contribution in [0.1, 0.15) is 94.0 Å². The highest BCUT2D eigenvalue weighted by atomic mass is 32.2. The van der Waals surface area contributed by atoms with Gasteiger partial charge in [0.2, 0.25) is 10.0 Å². The van der Waals surface area contributed by atoms with E-state index in [1.807, 2.05) is 46.8 Å². The number of carbonyl (C=O) groups excluding carboxylic acids is 1. The minimum atomic E-state index is -4.17. The monoisotopic (exact) mass is 647 g/mol. The second kappa shape index (κ2) is 17.1. The van der Waals surface area contributed by atoms with Gasteiger partial charge in [-0.2, -0.15) is 4.72 Å². The van der Waals surface area contributed by atoms with Crippen molar-refractivity contribution in [3.63, 3.8) is 0 Å². The Morgan fingerprint density at radius 1 is 1.02 bits per heavy atom. The standard InChI is InChI=1S/C25H35N3O5S.C7H14N2O2/c1-14(2)19-12-20(15(3)4)23(21(13-19)16(5)6)34(32,33)28-22(25(29)30)11-17-8-7-9-18(10-17)24(26)27-31;1-2-11-7(10)9-5-3-8-4-6-9/h7-10,12-16,22,28,31H,11H2,1-6H3,(H2,26,27)(H,29,30);8H,2-6H2,1H3/t22-;/m0./s1. The number of aliphatic carboxylic acids is 1. The van der Waals surface area contributed by atoms with E-state index in [9.17, 15) is 23.1 Å². The number of carbonyl (C=O) groups is 2. The number of piperazine rings is 1. The number of carboxylic acid groups (broad SMARTS) is 1. The van der Waals surface area contributed by atoms with Crippen LogP contribution in [-0.4, -0.2) is 80.4 Å². The topological polar surface area (TPSA) is 184 Å². The molecule has 3 rings (SSSR count). The van der Waals surface area contributed by atoms with E-state index >= 15 is 0 Å². The molecular formula is C32H49N5O7S. The molecule has 1 aliphatic heterocycles. The van der Waals surface area contributed by atoms with Gasteiger partial charge in [-0.25, -0.2) is 13.2 Å². The summed E-state index contributed by atoms with van der Waals surface area (Å²) in [6.07, 6.45) is -0.298. The summed E-state index contributed by atoms with van der Waals surface area (Å²) in [7, 11) is -4.17. The molecule has 2 aromatic rings. The number of nitrogens with zero attached hydrogens (tertiary/aromatic N) is 2. The fourth-order valence-electron chi connectivity index (χ4n) is 4.84. The van der Waals surface area contributed by atoms with Gasteiger partial charge in [0.15, 0.2) is 5.84 Å². The number of ether oxygens (including phenoxy) is 1. The smallest absolute Gasteiger partial charge is 0.409 e. The summed E-state index contributed by atoms with van der Waals surface area (Å²) in [5.74, 6) is -1.36. The normalized spacial score (nSPS) is 14.7. The van der Waals surface area contributed by atoms with Crippen molar-refractivity contribution in [2.75, 3.05) is 32.8 Å². The van der Waals surface area contributed by atoms with Gasteiger partial charge in [0.1, 0.15) is 6.04 Å². The number of nitrogens with two attached hydrogens (primary N) is 1. The third-order valence-electron chi connectivity index (χ3n) is 7.36. The molecular weight excluding hydrogens is 598 g/mol. The molecule has 45 heavy (non-hydrogen) atoms. The number of sulfonamides is 1. The molecule has 1 atom stereocenters. The minimum Gasteiger partial charge on any atom is -0.480 e. The van der Waals surface area contributed by atoms with Gasteiger partial charge >= 0.3 is 12.1 Å². The first-order valence-corrected chi connectivity index (χ1v) is 16.7. The van der Waals surface area contributed by atoms with Gasteiger partial charge < -0.3 is 31.0 Å². The molecule has 1 saturated heterocycles. The number of benzene rings is 2. The summed E-state index contributed by atoms with van der Waals surface area (Å²) < 4.78 is 34.5. The van der Waals surface area contributed by atoms with E-state index in [4.69, 9.17) is 15.7 Å². The summed E-state index contributed by atoms with van der Waals surface area (Å²) in [6.45, 7) is 17.4. The Hall–Kier alpha value is -3.68. The van der Waals surface area contributed by atoms with Crippen LogP contribution in [-0.2, 0) is 26.0 Å². The van der Waals surface area contributed by atoms with Gasteiger partial charge in [0.25, 0.3) is 0 Å². The predicted octanol–water partition coefficient (Wildman–Crippen LogP) is 4.17. The number of nitrogens with one attached hydrogen (secondary N) is 2. The van der Waals surface area contributed by atoms with Crippen LogP contribution in [0.25, 0.3) is 0 Å². The molecule has 0 bridgehead atoms. The van der Waals surface area contributed by atoms with Crippen molar-refractivity contribution in [2.45, 2.75) is 83.6 Å². The van der Waals surface area contributed by atoms with Crippen LogP contribution in [0.15, 0.2) is 46.4 Å². The highest BCUT2D eigenvalue weighted by Crippen LogP contribution is 2.35. The zero-order chi connectivity index (χ0) is 33.9. The average molecular weight is 648 g/mol. The lowest BCUT2D eigenvalue weighted by Crippen LogP contribution is -2.46. The zero-order valence-corrected chi connectivity index (χ0v) is 28.1. The highest BCUT2D eigenvalue weighted by molar-refractivity contribution is 7.89. The van der Waals surface area contributed by atoms with Crippen LogP contribution in [0.4, 0.5) is 4.79 Å². The van der Waals surface area contributed by atoms with Crippen molar-refractivity contribution in [1.29, 1.82) is 0 Å². The molecule has 0 aromatic heterocycles. The van der Waals surface area contributed by atoms with Crippen LogP contribution in [0, 0.1) is 0 Å². The lowest BCUT2D eigenvalue weighted by atomic mass is 9.89. The van der Waals surface area contributed by atoms with Gasteiger partial charge in [-0.3, -0.25) is 4.79 Å². The van der Waals surface area contributed by atoms with E-state index in [1.54, 1.807) is 29.2 Å². The first-order chi connectivity index (χ1) is 21.1. The highest BCUT2D eigenvalue weighted by Gasteiger charge is 2.31. The van der Waals surface area contributed by atoms with Crippen molar-refractivity contribution in [3.05, 3.63) is 64.2 Å². The number of amidine groups is 1. The van der Waals surface area contributed by atoms with Crippen LogP contribution in [0.2, 0.25) is 0 Å². The summed E-state index contributed by atoms with van der Waals surface area (Å²) in [5, 5.41) is 24.8. The molecule has 13 heteroatoms. The largest absolute Gasteiger partial charge is 0.480 e. The quantitative estimate of drug-likeness (QED) is 0.103. The van der Waals surface area contributed by atoms with Crippen molar-refractivity contribution < 1.29 is 33.1 Å². The molecule has 0 spiro atoms. The predicted molar refractivity (Wildman–Crippen MR) is 175 cm³/mol. The van der Waals surface area contributed by atoms with Gasteiger partial charge in [-0.05, 0) is 59.4 Å². The summed E-state index contributed by atoms with van der Waals surface area (Å²) in [6, 6.07) is 8.88. The van der Waals surface area contributed by atoms with E-state index in [2.05, 4.69) is 29.0 Å². The molecule has 6 N–H and O–H groups in total. The van der Waals surface area contributed by atoms with Crippen molar-refractivity contribution in [2.24, 2.45) is 10.9 Å². The van der Waals surface area contributed by atoms with Crippen LogP contribution in [0.3, 0.4) is 0 Å². The van der Waals surface area contributed by atoms with Crippen molar-refractivity contribution >= 4 is 27.9 Å². The summed E-state index contributed by atoms with van der Waals surface area (Å²) in [5.41, 5.74) is 8.94. The summed E-state index contributed by atoms with van der Waals surface area (Å²) >= 11 is 0. The average Bonchev–Trinajstić information content (AvgIpc) is 3.00. The molecule has 1 aliphatic rings. The van der Waals surface area contributed by atoms with E-state index in [0.29, 0.717) is 28.9 Å². The SMILES string of the molecule is CC(C)c1cc(C(C)C)c(S(=O)(=O)N[C@@H](Cc2cccc(C(N)=NO)c2)C(=O)O)c(C(C)C)c1.CCOC(=O)N1CCNCC1. The first kappa shape index (κ1) is 37.5. The number of hydrogen-bond donors (Lipinski definition) is 5. The van der Waals surface area contributed by atoms with Crippen molar-refractivity contribution in [3.8, 4) is 0 Å². The molecule has 2 aromatic carbocycles. The number of carboxylic acids is 1. The second-order valence-corrected chi connectivity index (χ2v) is 13.5. The van der Waals surface area contributed by atoms with Crippen LogP contribution in [0.5, 0.6) is 0 Å². The molecule has 1 heterocycles. The maximum atomic E-state index is 13.6. The molecule has 0 aliphatic carbocycles. The Morgan fingerprint density at radius 2 is 1.60 bits per heavy atom. The lowest BCUT2D eigenvalue weighted by Gasteiger charge is -2.26. The number of rotatable bonds is 11. The maximum absolute atomic E-state index is 13.6. The van der Waals surface area contributed by atoms with Gasteiger partial charge in [-0.1, -0.05) is 77.0 Å². The molecule has 1 amide bonds. The number of hydrogen-bond acceptors (Lipinski definition) is 8. The number of oxime groups is 1. The third-order valence-corrected chi connectivity index (χ3v) is 8.96. The van der Waals surface area contributed by atoms with Gasteiger partial charge in [0, 0.05) is 31.7 Å². The molecule has 0 radical (unpaired) electrons. The summed E-state index contributed by atoms with van der Waals surface area (Å²) in [4.78, 5) is 25.0. The van der Waals surface area contributed by atoms with Gasteiger partial charge in [-0.15, -0.1) is 0 Å². The van der Waals surface area contributed by atoms with Crippen molar-refractivity contribution in [1.82, 2.24) is 14.9 Å². The van der Waals surface area contributed by atoms with E-state index in [-0.39, 0.29) is 41.0 Å². The Labute approximate surface area is 267 Å².